The van der Waals surface area contributed by atoms with Crippen LogP contribution in [0.5, 0.6) is 0 Å². The van der Waals surface area contributed by atoms with Crippen molar-refractivity contribution >= 4 is 11.9 Å². The van der Waals surface area contributed by atoms with Crippen molar-refractivity contribution in [3.63, 3.8) is 0 Å². The number of amides is 1. The Morgan fingerprint density at radius 1 is 1.38 bits per heavy atom. The molecule has 0 aliphatic carbocycles. The SMILES string of the molecule is CC(C(=O)O)C(=O)N1CC[CH]CC1. The number of hydrogen-bond donors (Lipinski definition) is 1. The van der Waals surface area contributed by atoms with Gasteiger partial charge in [-0.15, -0.1) is 0 Å². The normalized spacial score (nSPS) is 19.6. The summed E-state index contributed by atoms with van der Waals surface area (Å²) in [6.07, 6.45) is 3.87. The maximum atomic E-state index is 11.5. The van der Waals surface area contributed by atoms with E-state index in [9.17, 15) is 9.59 Å². The number of carbonyl (C=O) groups excluding carboxylic acids is 1. The monoisotopic (exact) mass is 184 g/mol. The van der Waals surface area contributed by atoms with E-state index >= 15 is 0 Å². The Morgan fingerprint density at radius 2 is 1.92 bits per heavy atom. The van der Waals surface area contributed by atoms with Gasteiger partial charge in [-0.05, 0) is 26.2 Å². The highest BCUT2D eigenvalue weighted by molar-refractivity contribution is 5.96. The summed E-state index contributed by atoms with van der Waals surface area (Å²) in [6, 6.07) is 0. The number of carboxylic acids is 1. The van der Waals surface area contributed by atoms with Gasteiger partial charge in [0.25, 0.3) is 0 Å². The van der Waals surface area contributed by atoms with Gasteiger partial charge in [-0.25, -0.2) is 0 Å². The molecule has 1 heterocycles. The van der Waals surface area contributed by atoms with Crippen molar-refractivity contribution in [2.45, 2.75) is 19.8 Å². The molecule has 1 radical (unpaired) electrons. The quantitative estimate of drug-likeness (QED) is 0.637. The zero-order valence-electron chi connectivity index (χ0n) is 7.69. The predicted octanol–water partition coefficient (Wildman–Crippen LogP) is 0.534. The Morgan fingerprint density at radius 3 is 2.38 bits per heavy atom. The summed E-state index contributed by atoms with van der Waals surface area (Å²) in [5.41, 5.74) is 0. The molecule has 0 aromatic carbocycles. The first kappa shape index (κ1) is 10.0. The van der Waals surface area contributed by atoms with Gasteiger partial charge < -0.3 is 10.0 Å². The molecule has 0 aromatic heterocycles. The number of carbonyl (C=O) groups is 2. The Hall–Kier alpha value is -1.06. The molecule has 1 fully saturated rings. The van der Waals surface area contributed by atoms with Gasteiger partial charge in [-0.2, -0.15) is 0 Å². The number of likely N-dealkylation sites (tertiary alicyclic amines) is 1. The van der Waals surface area contributed by atoms with Crippen LogP contribution in [0.25, 0.3) is 0 Å². The standard InChI is InChI=1S/C9H14NO3/c1-7(9(12)13)8(11)10-5-3-2-4-6-10/h2,7H,3-6H2,1H3,(H,12,13). The molecule has 13 heavy (non-hydrogen) atoms. The topological polar surface area (TPSA) is 57.6 Å². The number of hydrogen-bond acceptors (Lipinski definition) is 2. The molecule has 1 atom stereocenters. The van der Waals surface area contributed by atoms with Crippen LogP contribution in [0.4, 0.5) is 0 Å². The van der Waals surface area contributed by atoms with Crippen molar-refractivity contribution in [1.29, 1.82) is 0 Å². The zero-order valence-corrected chi connectivity index (χ0v) is 7.69. The third-order valence-electron chi connectivity index (χ3n) is 2.26. The van der Waals surface area contributed by atoms with Gasteiger partial charge in [0.05, 0.1) is 0 Å². The maximum Gasteiger partial charge on any atom is 0.315 e. The summed E-state index contributed by atoms with van der Waals surface area (Å²) in [7, 11) is 0. The van der Waals surface area contributed by atoms with Gasteiger partial charge >= 0.3 is 5.97 Å². The van der Waals surface area contributed by atoms with Crippen LogP contribution in [0.1, 0.15) is 19.8 Å². The van der Waals surface area contributed by atoms with E-state index in [0.29, 0.717) is 13.1 Å². The first-order chi connectivity index (χ1) is 6.13. The molecule has 4 heteroatoms. The summed E-state index contributed by atoms with van der Waals surface area (Å²) in [4.78, 5) is 23.6. The van der Waals surface area contributed by atoms with Crippen molar-refractivity contribution in [3.8, 4) is 0 Å². The van der Waals surface area contributed by atoms with Gasteiger partial charge in [0, 0.05) is 13.1 Å². The van der Waals surface area contributed by atoms with Crippen molar-refractivity contribution in [2.24, 2.45) is 5.92 Å². The summed E-state index contributed by atoms with van der Waals surface area (Å²) in [6.45, 7) is 2.76. The first-order valence-electron chi connectivity index (χ1n) is 4.46. The van der Waals surface area contributed by atoms with E-state index in [1.807, 2.05) is 0 Å². The maximum absolute atomic E-state index is 11.5. The third kappa shape index (κ3) is 2.44. The Balaban J connectivity index is 2.50. The van der Waals surface area contributed by atoms with Gasteiger partial charge in [-0.3, -0.25) is 9.59 Å². The fourth-order valence-electron chi connectivity index (χ4n) is 1.35. The van der Waals surface area contributed by atoms with Crippen molar-refractivity contribution in [1.82, 2.24) is 4.90 Å². The average molecular weight is 184 g/mol. The highest BCUT2D eigenvalue weighted by atomic mass is 16.4. The van der Waals surface area contributed by atoms with E-state index in [-0.39, 0.29) is 5.91 Å². The van der Waals surface area contributed by atoms with E-state index < -0.39 is 11.9 Å². The molecule has 1 unspecified atom stereocenters. The number of rotatable bonds is 2. The largest absolute Gasteiger partial charge is 0.481 e. The van der Waals surface area contributed by atoms with Crippen LogP contribution >= 0.6 is 0 Å². The second kappa shape index (κ2) is 4.25. The van der Waals surface area contributed by atoms with Crippen LogP contribution in [0.3, 0.4) is 0 Å². The molecule has 1 saturated heterocycles. The van der Waals surface area contributed by atoms with Gasteiger partial charge in [0.1, 0.15) is 5.92 Å². The Bertz CT molecular complexity index is 209. The Kier molecular flexibility index (Phi) is 3.28. The fourth-order valence-corrected chi connectivity index (χ4v) is 1.35. The number of carboxylic acid groups (broad SMARTS) is 1. The van der Waals surface area contributed by atoms with E-state index in [1.54, 1.807) is 4.90 Å². The third-order valence-corrected chi connectivity index (χ3v) is 2.26. The van der Waals surface area contributed by atoms with E-state index in [0.717, 1.165) is 12.8 Å². The smallest absolute Gasteiger partial charge is 0.315 e. The fraction of sp³-hybridized carbons (Fsp3) is 0.667. The van der Waals surface area contributed by atoms with E-state index in [4.69, 9.17) is 5.11 Å². The first-order valence-corrected chi connectivity index (χ1v) is 4.46. The molecule has 0 saturated carbocycles. The van der Waals surface area contributed by atoms with Gasteiger partial charge in [0.2, 0.25) is 5.91 Å². The van der Waals surface area contributed by atoms with Crippen molar-refractivity contribution < 1.29 is 14.7 Å². The summed E-state index contributed by atoms with van der Waals surface area (Å²) < 4.78 is 0. The lowest BCUT2D eigenvalue weighted by Crippen LogP contribution is -2.41. The van der Waals surface area contributed by atoms with Crippen LogP contribution in [-0.2, 0) is 9.59 Å². The molecular formula is C9H14NO3. The molecule has 1 aliphatic rings. The van der Waals surface area contributed by atoms with E-state index in [2.05, 4.69) is 6.42 Å². The molecule has 1 aliphatic heterocycles. The summed E-state index contributed by atoms with van der Waals surface area (Å²) >= 11 is 0. The number of aliphatic carboxylic acids is 1. The molecular weight excluding hydrogens is 170 g/mol. The molecule has 73 valence electrons. The lowest BCUT2D eigenvalue weighted by Gasteiger charge is -2.27. The van der Waals surface area contributed by atoms with Gasteiger partial charge in [0.15, 0.2) is 0 Å². The molecule has 4 nitrogen and oxygen atoms in total. The van der Waals surface area contributed by atoms with Crippen LogP contribution in [-0.4, -0.2) is 35.0 Å². The minimum Gasteiger partial charge on any atom is -0.481 e. The zero-order chi connectivity index (χ0) is 9.84. The number of nitrogens with zero attached hydrogens (tertiary/aromatic N) is 1. The lowest BCUT2D eigenvalue weighted by molar-refractivity contribution is -0.150. The van der Waals surface area contributed by atoms with Crippen molar-refractivity contribution in [3.05, 3.63) is 6.42 Å². The van der Waals surface area contributed by atoms with Crippen LogP contribution < -0.4 is 0 Å². The van der Waals surface area contributed by atoms with E-state index in [1.165, 1.54) is 6.92 Å². The van der Waals surface area contributed by atoms with Crippen LogP contribution in [0.15, 0.2) is 0 Å². The second-order valence-corrected chi connectivity index (χ2v) is 3.25. The molecule has 0 bridgehead atoms. The molecule has 0 aromatic rings. The summed E-state index contributed by atoms with van der Waals surface area (Å²) in [5.74, 6) is -2.21. The molecule has 1 N–H and O–H groups in total. The average Bonchev–Trinajstić information content (AvgIpc) is 2.17. The van der Waals surface area contributed by atoms with Crippen molar-refractivity contribution in [2.75, 3.05) is 13.1 Å². The number of piperidine rings is 1. The highest BCUT2D eigenvalue weighted by Crippen LogP contribution is 2.11. The Labute approximate surface area is 77.5 Å². The lowest BCUT2D eigenvalue weighted by atomic mass is 10.1. The van der Waals surface area contributed by atoms with Crippen LogP contribution in [0.2, 0.25) is 0 Å². The second-order valence-electron chi connectivity index (χ2n) is 3.25. The van der Waals surface area contributed by atoms with Crippen LogP contribution in [0, 0.1) is 12.3 Å². The summed E-state index contributed by atoms with van der Waals surface area (Å²) in [5, 5.41) is 8.63. The molecule has 1 amide bonds. The molecule has 0 spiro atoms. The highest BCUT2D eigenvalue weighted by Gasteiger charge is 2.26. The molecule has 1 rings (SSSR count). The minimum absolute atomic E-state index is 0.263. The predicted molar refractivity (Wildman–Crippen MR) is 46.9 cm³/mol. The minimum atomic E-state index is -1.04. The van der Waals surface area contributed by atoms with Gasteiger partial charge in [-0.1, -0.05) is 0 Å².